The molecule has 1 aliphatic heterocycles. The summed E-state index contributed by atoms with van der Waals surface area (Å²) in [6.45, 7) is 0. The van der Waals surface area contributed by atoms with Crippen LogP contribution in [0.3, 0.4) is 0 Å². The first-order valence-electron chi connectivity index (χ1n) is 5.65. The third-order valence-corrected chi connectivity index (χ3v) is 3.84. The van der Waals surface area contributed by atoms with Crippen molar-refractivity contribution in [3.05, 3.63) is 41.8 Å². The lowest BCUT2D eigenvalue weighted by Crippen LogP contribution is -2.09. The molecular weight excluding hydrogens is 250 g/mol. The molecular formula is C12H11N3O2S. The van der Waals surface area contributed by atoms with E-state index in [-0.39, 0.29) is 11.7 Å². The first kappa shape index (κ1) is 11.4. The Morgan fingerprint density at radius 3 is 3.17 bits per heavy atom. The van der Waals surface area contributed by atoms with Gasteiger partial charge in [-0.1, -0.05) is 11.2 Å². The van der Waals surface area contributed by atoms with Crippen molar-refractivity contribution in [1.29, 1.82) is 0 Å². The summed E-state index contributed by atoms with van der Waals surface area (Å²) in [5.41, 5.74) is 1.02. The molecule has 6 heteroatoms. The lowest BCUT2D eigenvalue weighted by molar-refractivity contribution is -0.117. The van der Waals surface area contributed by atoms with Crippen molar-refractivity contribution >= 4 is 17.5 Å². The molecule has 0 N–H and O–H groups in total. The molecule has 1 saturated heterocycles. The third-order valence-electron chi connectivity index (χ3n) is 2.78. The molecule has 0 aliphatic carbocycles. The van der Waals surface area contributed by atoms with Gasteiger partial charge in [-0.25, -0.2) is 0 Å². The number of carbonyl (C=O) groups is 1. The predicted molar refractivity (Wildman–Crippen MR) is 66.4 cm³/mol. The summed E-state index contributed by atoms with van der Waals surface area (Å²) in [7, 11) is 0. The topological polar surface area (TPSA) is 68.9 Å². The Morgan fingerprint density at radius 2 is 2.44 bits per heavy atom. The van der Waals surface area contributed by atoms with E-state index < -0.39 is 0 Å². The molecule has 1 unspecified atom stereocenters. The van der Waals surface area contributed by atoms with Crippen LogP contribution in [0.2, 0.25) is 0 Å². The normalized spacial score (nSPS) is 19.3. The van der Waals surface area contributed by atoms with E-state index in [2.05, 4.69) is 15.1 Å². The number of carbonyl (C=O) groups excluding carboxylic acids is 1. The smallest absolute Gasteiger partial charge is 0.238 e. The molecule has 0 amide bonds. The van der Waals surface area contributed by atoms with E-state index in [1.165, 1.54) is 0 Å². The average Bonchev–Trinajstić information content (AvgIpc) is 2.99. The van der Waals surface area contributed by atoms with Crippen molar-refractivity contribution in [2.24, 2.45) is 0 Å². The molecule has 1 aliphatic rings. The van der Waals surface area contributed by atoms with Gasteiger partial charge in [0.1, 0.15) is 5.92 Å². The zero-order chi connectivity index (χ0) is 12.4. The van der Waals surface area contributed by atoms with Crippen molar-refractivity contribution in [1.82, 2.24) is 15.1 Å². The Morgan fingerprint density at radius 1 is 1.50 bits per heavy atom. The molecule has 18 heavy (non-hydrogen) atoms. The summed E-state index contributed by atoms with van der Waals surface area (Å²) in [5, 5.41) is 3.92. The number of thioether (sulfide) groups is 1. The SMILES string of the molecule is O=C1CSCC1c1nc(Cc2cccnc2)no1. The van der Waals surface area contributed by atoms with Crippen molar-refractivity contribution in [3.8, 4) is 0 Å². The van der Waals surface area contributed by atoms with E-state index in [0.29, 0.717) is 23.9 Å². The van der Waals surface area contributed by atoms with Gasteiger partial charge >= 0.3 is 0 Å². The fourth-order valence-corrected chi connectivity index (χ4v) is 2.93. The minimum Gasteiger partial charge on any atom is -0.339 e. The van der Waals surface area contributed by atoms with Gasteiger partial charge < -0.3 is 4.52 Å². The Kier molecular flexibility index (Phi) is 3.10. The number of hydrogen-bond donors (Lipinski definition) is 0. The summed E-state index contributed by atoms with van der Waals surface area (Å²) in [6, 6.07) is 3.83. The number of aromatic nitrogens is 3. The molecule has 2 aromatic heterocycles. The first-order valence-corrected chi connectivity index (χ1v) is 6.80. The molecule has 1 fully saturated rings. The summed E-state index contributed by atoms with van der Waals surface area (Å²) in [6.07, 6.45) is 4.07. The largest absolute Gasteiger partial charge is 0.339 e. The molecule has 0 saturated carbocycles. The van der Waals surface area contributed by atoms with E-state index in [9.17, 15) is 4.79 Å². The maximum absolute atomic E-state index is 11.6. The molecule has 3 rings (SSSR count). The molecule has 2 aromatic rings. The van der Waals surface area contributed by atoms with Gasteiger partial charge in [0.15, 0.2) is 11.6 Å². The second-order valence-corrected chi connectivity index (χ2v) is 5.15. The first-order chi connectivity index (χ1) is 8.83. The Hall–Kier alpha value is -1.69. The van der Waals surface area contributed by atoms with Crippen LogP contribution in [0.25, 0.3) is 0 Å². The van der Waals surface area contributed by atoms with Gasteiger partial charge in [0, 0.05) is 24.6 Å². The predicted octanol–water partition coefficient (Wildman–Crippen LogP) is 1.45. The fraction of sp³-hybridized carbons (Fsp3) is 0.333. The van der Waals surface area contributed by atoms with Crippen LogP contribution in [0.1, 0.15) is 23.2 Å². The van der Waals surface area contributed by atoms with Crippen LogP contribution in [0.15, 0.2) is 29.0 Å². The highest BCUT2D eigenvalue weighted by molar-refractivity contribution is 8.00. The minimum absolute atomic E-state index is 0.177. The zero-order valence-corrected chi connectivity index (χ0v) is 10.4. The number of ketones is 1. The summed E-state index contributed by atoms with van der Waals surface area (Å²) in [4.78, 5) is 19.9. The molecule has 3 heterocycles. The Labute approximate surface area is 108 Å². The monoisotopic (exact) mass is 261 g/mol. The Bertz CT molecular complexity index is 555. The van der Waals surface area contributed by atoms with Crippen LogP contribution >= 0.6 is 11.8 Å². The van der Waals surface area contributed by atoms with Gasteiger partial charge in [0.05, 0.1) is 5.75 Å². The van der Waals surface area contributed by atoms with E-state index in [0.717, 1.165) is 11.3 Å². The highest BCUT2D eigenvalue weighted by Gasteiger charge is 2.31. The highest BCUT2D eigenvalue weighted by atomic mass is 32.2. The van der Waals surface area contributed by atoms with E-state index >= 15 is 0 Å². The second kappa shape index (κ2) is 4.89. The van der Waals surface area contributed by atoms with Gasteiger partial charge in [0.25, 0.3) is 0 Å². The Balaban J connectivity index is 1.76. The molecule has 92 valence electrons. The summed E-state index contributed by atoms with van der Waals surface area (Å²) < 4.78 is 5.18. The number of pyridine rings is 1. The van der Waals surface area contributed by atoms with Crippen molar-refractivity contribution < 1.29 is 9.32 Å². The van der Waals surface area contributed by atoms with Gasteiger partial charge in [-0.15, -0.1) is 0 Å². The maximum atomic E-state index is 11.6. The fourth-order valence-electron chi connectivity index (χ4n) is 1.85. The van der Waals surface area contributed by atoms with Gasteiger partial charge in [-0.2, -0.15) is 16.7 Å². The van der Waals surface area contributed by atoms with Crippen LogP contribution in [0.5, 0.6) is 0 Å². The lowest BCUT2D eigenvalue weighted by atomic mass is 10.1. The summed E-state index contributed by atoms with van der Waals surface area (Å²) >= 11 is 1.61. The van der Waals surface area contributed by atoms with Crippen LogP contribution < -0.4 is 0 Å². The van der Waals surface area contributed by atoms with Gasteiger partial charge in [-0.05, 0) is 11.6 Å². The summed E-state index contributed by atoms with van der Waals surface area (Å²) in [5.74, 6) is 2.30. The number of Topliss-reactive ketones (excluding diaryl/α,β-unsaturated/α-hetero) is 1. The van der Waals surface area contributed by atoms with Crippen LogP contribution in [0, 0.1) is 0 Å². The standard InChI is InChI=1S/C12H11N3O2S/c16-10-7-18-6-9(10)12-14-11(15-17-12)4-8-2-1-3-13-5-8/h1-3,5,9H,4,6-7H2. The van der Waals surface area contributed by atoms with E-state index in [1.807, 2.05) is 12.1 Å². The van der Waals surface area contributed by atoms with Crippen LogP contribution in [-0.2, 0) is 11.2 Å². The van der Waals surface area contributed by atoms with Crippen molar-refractivity contribution in [2.75, 3.05) is 11.5 Å². The quantitative estimate of drug-likeness (QED) is 0.833. The van der Waals surface area contributed by atoms with Gasteiger partial charge in [0.2, 0.25) is 5.89 Å². The van der Waals surface area contributed by atoms with E-state index in [1.54, 1.807) is 24.2 Å². The minimum atomic E-state index is -0.217. The number of rotatable bonds is 3. The molecule has 0 spiro atoms. The zero-order valence-electron chi connectivity index (χ0n) is 9.57. The molecule has 5 nitrogen and oxygen atoms in total. The van der Waals surface area contributed by atoms with Gasteiger partial charge in [-0.3, -0.25) is 9.78 Å². The van der Waals surface area contributed by atoms with Crippen LogP contribution in [0.4, 0.5) is 0 Å². The van der Waals surface area contributed by atoms with Crippen LogP contribution in [-0.4, -0.2) is 32.4 Å². The molecule has 1 atom stereocenters. The number of nitrogens with zero attached hydrogens (tertiary/aromatic N) is 3. The molecule has 0 aromatic carbocycles. The average molecular weight is 261 g/mol. The lowest BCUT2D eigenvalue weighted by Gasteiger charge is -1.97. The van der Waals surface area contributed by atoms with Crippen molar-refractivity contribution in [2.45, 2.75) is 12.3 Å². The maximum Gasteiger partial charge on any atom is 0.238 e. The number of hydrogen-bond acceptors (Lipinski definition) is 6. The third kappa shape index (κ3) is 2.28. The molecule has 0 radical (unpaired) electrons. The highest BCUT2D eigenvalue weighted by Crippen LogP contribution is 2.28. The second-order valence-electron chi connectivity index (χ2n) is 4.12. The van der Waals surface area contributed by atoms with E-state index in [4.69, 9.17) is 4.52 Å². The molecule has 0 bridgehead atoms. The van der Waals surface area contributed by atoms with Crippen molar-refractivity contribution in [3.63, 3.8) is 0 Å².